The topological polar surface area (TPSA) is 117 Å². The molecule has 3 heterocycles. The minimum Gasteiger partial charge on any atom is -0.489 e. The van der Waals surface area contributed by atoms with Gasteiger partial charge in [-0.25, -0.2) is 9.59 Å². The summed E-state index contributed by atoms with van der Waals surface area (Å²) >= 11 is 0. The highest BCUT2D eigenvalue weighted by molar-refractivity contribution is 5.96. The molecule has 0 spiro atoms. The molecule has 0 aliphatic carbocycles. The van der Waals surface area contributed by atoms with Crippen LogP contribution in [0.5, 0.6) is 5.75 Å². The molecule has 3 fully saturated rings. The van der Waals surface area contributed by atoms with E-state index in [9.17, 15) is 19.5 Å². The van der Waals surface area contributed by atoms with Crippen molar-refractivity contribution in [2.24, 2.45) is 11.8 Å². The van der Waals surface area contributed by atoms with Crippen LogP contribution < -0.4 is 15.4 Å². The van der Waals surface area contributed by atoms with Crippen LogP contribution in [-0.2, 0) is 16.1 Å². The van der Waals surface area contributed by atoms with Crippen LogP contribution >= 0.6 is 0 Å². The van der Waals surface area contributed by atoms with Crippen LogP contribution in [0.25, 0.3) is 0 Å². The Bertz CT molecular complexity index is 1400. The molecule has 226 valence electrons. The average Bonchev–Trinajstić information content (AvgIpc) is 3.02. The lowest BCUT2D eigenvalue weighted by atomic mass is 9.86. The molecule has 3 aliphatic rings. The number of carbonyl (C=O) groups excluding carboxylic acids is 2. The van der Waals surface area contributed by atoms with Gasteiger partial charge in [-0.3, -0.25) is 9.69 Å². The highest BCUT2D eigenvalue weighted by atomic mass is 16.6. The van der Waals surface area contributed by atoms with Crippen molar-refractivity contribution < 1.29 is 29.0 Å². The summed E-state index contributed by atoms with van der Waals surface area (Å²) in [6.45, 7) is 6.71. The third-order valence-corrected chi connectivity index (χ3v) is 8.28. The molecule has 43 heavy (non-hydrogen) atoms. The fraction of sp³-hybridized carbons (Fsp3) is 0.382. The highest BCUT2D eigenvalue weighted by Gasteiger charge is 2.37. The number of aliphatic carboxylic acids is 1. The number of hydrogen-bond acceptors (Lipinski definition) is 6. The number of carboxylic acid groups (broad SMARTS) is 1. The molecule has 0 radical (unpaired) electrons. The van der Waals surface area contributed by atoms with Gasteiger partial charge in [0.15, 0.2) is 0 Å². The largest absolute Gasteiger partial charge is 0.489 e. The second-order valence-corrected chi connectivity index (χ2v) is 11.7. The van der Waals surface area contributed by atoms with Crippen LogP contribution in [-0.4, -0.2) is 59.8 Å². The zero-order valence-corrected chi connectivity index (χ0v) is 24.6. The number of rotatable bonds is 11. The second kappa shape index (κ2) is 13.7. The van der Waals surface area contributed by atoms with Gasteiger partial charge in [-0.1, -0.05) is 68.4 Å². The first-order chi connectivity index (χ1) is 20.8. The molecule has 6 rings (SSSR count). The highest BCUT2D eigenvalue weighted by Crippen LogP contribution is 2.31. The SMILES string of the molecule is CC(C)C(NC(=O)c1ccc(COc2cccc(C(NC(=O)O[C@H]3CN4CCC3CC4)c3ccccc3)c2)cc1)C(=O)O. The van der Waals surface area contributed by atoms with Crippen LogP contribution in [0.4, 0.5) is 4.79 Å². The fourth-order valence-corrected chi connectivity index (χ4v) is 5.78. The van der Waals surface area contributed by atoms with E-state index in [1.165, 1.54) is 0 Å². The fourth-order valence-electron chi connectivity index (χ4n) is 5.78. The molecule has 9 nitrogen and oxygen atoms in total. The number of fused-ring (bicyclic) bond motifs is 3. The second-order valence-electron chi connectivity index (χ2n) is 11.7. The molecule has 3 atom stereocenters. The molecule has 2 amide bonds. The van der Waals surface area contributed by atoms with Gasteiger partial charge in [-0.05, 0) is 78.7 Å². The van der Waals surface area contributed by atoms with Gasteiger partial charge in [0.2, 0.25) is 0 Å². The van der Waals surface area contributed by atoms with Gasteiger partial charge in [-0.15, -0.1) is 0 Å². The summed E-state index contributed by atoms with van der Waals surface area (Å²) in [6.07, 6.45) is 1.63. The first-order valence-electron chi connectivity index (χ1n) is 14.9. The molecule has 3 saturated heterocycles. The maximum Gasteiger partial charge on any atom is 0.408 e. The first-order valence-corrected chi connectivity index (χ1v) is 14.9. The lowest BCUT2D eigenvalue weighted by molar-refractivity contribution is -0.140. The van der Waals surface area contributed by atoms with Crippen molar-refractivity contribution in [2.45, 2.75) is 51.5 Å². The van der Waals surface area contributed by atoms with Crippen LogP contribution in [0.2, 0.25) is 0 Å². The number of amides is 2. The van der Waals surface area contributed by atoms with E-state index in [0.29, 0.717) is 17.2 Å². The summed E-state index contributed by atoms with van der Waals surface area (Å²) < 4.78 is 12.0. The summed E-state index contributed by atoms with van der Waals surface area (Å²) in [5, 5.41) is 15.0. The summed E-state index contributed by atoms with van der Waals surface area (Å²) in [5.74, 6) is -0.682. The van der Waals surface area contributed by atoms with Crippen molar-refractivity contribution in [1.29, 1.82) is 0 Å². The number of alkyl carbamates (subject to hydrolysis) is 1. The number of nitrogens with zero attached hydrogens (tertiary/aromatic N) is 1. The van der Waals surface area contributed by atoms with Gasteiger partial charge in [0.25, 0.3) is 5.91 Å². The van der Waals surface area contributed by atoms with Crippen molar-refractivity contribution in [3.63, 3.8) is 0 Å². The van der Waals surface area contributed by atoms with E-state index >= 15 is 0 Å². The van der Waals surface area contributed by atoms with Crippen molar-refractivity contribution in [2.75, 3.05) is 19.6 Å². The Morgan fingerprint density at radius 3 is 2.23 bits per heavy atom. The van der Waals surface area contributed by atoms with Crippen molar-refractivity contribution in [3.8, 4) is 5.75 Å². The van der Waals surface area contributed by atoms with Crippen LogP contribution in [0.15, 0.2) is 78.9 Å². The number of benzene rings is 3. The average molecular weight is 586 g/mol. The number of ether oxygens (including phenoxy) is 2. The zero-order valence-electron chi connectivity index (χ0n) is 24.6. The van der Waals surface area contributed by atoms with Crippen molar-refractivity contribution in [1.82, 2.24) is 15.5 Å². The minimum atomic E-state index is -1.06. The summed E-state index contributed by atoms with van der Waals surface area (Å²) in [4.78, 5) is 39.4. The van der Waals surface area contributed by atoms with E-state index in [1.807, 2.05) is 54.6 Å². The molecule has 2 bridgehead atoms. The van der Waals surface area contributed by atoms with Gasteiger partial charge in [-0.2, -0.15) is 0 Å². The van der Waals surface area contributed by atoms with E-state index in [2.05, 4.69) is 15.5 Å². The van der Waals surface area contributed by atoms with Crippen molar-refractivity contribution >= 4 is 18.0 Å². The van der Waals surface area contributed by atoms with Crippen LogP contribution in [0.3, 0.4) is 0 Å². The van der Waals surface area contributed by atoms with E-state index < -0.39 is 30.1 Å². The third-order valence-electron chi connectivity index (χ3n) is 8.28. The van der Waals surface area contributed by atoms with Gasteiger partial charge in [0.05, 0.1) is 6.04 Å². The Morgan fingerprint density at radius 1 is 0.907 bits per heavy atom. The minimum absolute atomic E-state index is 0.0835. The van der Waals surface area contributed by atoms with Gasteiger partial charge < -0.3 is 25.2 Å². The number of carboxylic acids is 1. The number of piperidine rings is 3. The summed E-state index contributed by atoms with van der Waals surface area (Å²) in [5.41, 5.74) is 3.01. The Hall–Kier alpha value is -4.37. The van der Waals surface area contributed by atoms with Gasteiger partial charge >= 0.3 is 12.1 Å². The third kappa shape index (κ3) is 7.73. The lowest BCUT2D eigenvalue weighted by Gasteiger charge is -2.43. The normalized spacial score (nSPS) is 20.6. The Labute approximate surface area is 252 Å². The first kappa shape index (κ1) is 30.1. The molecule has 0 saturated carbocycles. The van der Waals surface area contributed by atoms with Crippen molar-refractivity contribution in [3.05, 3.63) is 101 Å². The van der Waals surface area contributed by atoms with Gasteiger partial charge in [0, 0.05) is 12.1 Å². The predicted octanol–water partition coefficient (Wildman–Crippen LogP) is 5.01. The Balaban J connectivity index is 1.23. The number of nitrogens with one attached hydrogen (secondary N) is 2. The van der Waals surface area contributed by atoms with E-state index in [4.69, 9.17) is 9.47 Å². The number of hydrogen-bond donors (Lipinski definition) is 3. The Morgan fingerprint density at radius 2 is 1.60 bits per heavy atom. The lowest BCUT2D eigenvalue weighted by Crippen LogP contribution is -2.52. The van der Waals surface area contributed by atoms with Crippen LogP contribution in [0, 0.1) is 11.8 Å². The molecule has 9 heteroatoms. The van der Waals surface area contributed by atoms with E-state index in [0.717, 1.165) is 49.2 Å². The molecule has 3 aliphatic heterocycles. The standard InChI is InChI=1S/C34H39N3O6/c1-22(2)30(33(39)40)35-32(38)26-13-11-23(12-14-26)21-42-28-10-6-9-27(19-28)31(25-7-4-3-5-8-25)36-34(41)43-29-20-37-17-15-24(29)16-18-37/h3-14,19,22,24,29-31H,15-18,20-21H2,1-2H3,(H,35,38)(H,36,41)(H,39,40)/t29-,30?,31?/m0/s1. The summed E-state index contributed by atoms with van der Waals surface area (Å²) in [7, 11) is 0. The van der Waals surface area contributed by atoms with E-state index in [1.54, 1.807) is 38.1 Å². The monoisotopic (exact) mass is 585 g/mol. The van der Waals surface area contributed by atoms with Gasteiger partial charge in [0.1, 0.15) is 24.5 Å². The zero-order chi connectivity index (χ0) is 30.3. The molecule has 0 aromatic heterocycles. The van der Waals surface area contributed by atoms with E-state index in [-0.39, 0.29) is 18.6 Å². The molecular weight excluding hydrogens is 546 g/mol. The number of carbonyl (C=O) groups is 3. The maximum atomic E-state index is 13.1. The molecule has 3 N–H and O–H groups in total. The smallest absolute Gasteiger partial charge is 0.408 e. The Kier molecular flexibility index (Phi) is 9.61. The predicted molar refractivity (Wildman–Crippen MR) is 162 cm³/mol. The maximum absolute atomic E-state index is 13.1. The molecule has 3 aromatic rings. The quantitative estimate of drug-likeness (QED) is 0.290. The molecular formula is C34H39N3O6. The molecule has 2 unspecified atom stereocenters. The molecule has 3 aromatic carbocycles. The van der Waals surface area contributed by atoms with Crippen LogP contribution in [0.1, 0.15) is 59.8 Å². The summed E-state index contributed by atoms with van der Waals surface area (Å²) in [6, 6.07) is 22.9.